The van der Waals surface area contributed by atoms with Crippen LogP contribution in [0.2, 0.25) is 0 Å². The molecule has 0 saturated heterocycles. The molecule has 2 heterocycles. The number of alkyl halides is 2. The lowest BCUT2D eigenvalue weighted by atomic mass is 10.1. The Bertz CT molecular complexity index is 1160. The van der Waals surface area contributed by atoms with Crippen molar-refractivity contribution in [2.45, 2.75) is 36.5 Å². The van der Waals surface area contributed by atoms with Crippen LogP contribution in [0.15, 0.2) is 59.6 Å². The number of hydrogen-bond donors (Lipinski definition) is 1. The number of fused-ring (bicyclic) bond motifs is 1. The predicted molar refractivity (Wildman–Crippen MR) is 108 cm³/mol. The third-order valence-corrected chi connectivity index (χ3v) is 6.40. The van der Waals surface area contributed by atoms with E-state index in [0.29, 0.717) is 5.69 Å². The summed E-state index contributed by atoms with van der Waals surface area (Å²) in [6, 6.07) is 11.7. The smallest absolute Gasteiger partial charge is 0.334 e. The number of aryl methyl sites for hydroxylation is 2. The number of carbonyl (C=O) groups excluding carboxylic acids is 1. The van der Waals surface area contributed by atoms with E-state index in [-0.39, 0.29) is 5.56 Å². The quantitative estimate of drug-likeness (QED) is 0.659. The number of hydrogen-bond acceptors (Lipinski definition) is 4. The van der Waals surface area contributed by atoms with Gasteiger partial charge in [0.05, 0.1) is 10.6 Å². The zero-order valence-corrected chi connectivity index (χ0v) is 16.7. The van der Waals surface area contributed by atoms with Crippen molar-refractivity contribution in [2.24, 2.45) is 0 Å². The Morgan fingerprint density at radius 2 is 1.87 bits per heavy atom. The Balaban J connectivity index is 1.51. The van der Waals surface area contributed by atoms with Gasteiger partial charge in [0.15, 0.2) is 0 Å². The molecule has 9 heteroatoms. The first kappa shape index (κ1) is 20.2. The molecule has 0 bridgehead atoms. The van der Waals surface area contributed by atoms with Crippen LogP contribution < -0.4 is 5.32 Å². The Labute approximate surface area is 172 Å². The van der Waals surface area contributed by atoms with Crippen molar-refractivity contribution in [2.75, 3.05) is 5.32 Å². The lowest BCUT2D eigenvalue weighted by Crippen LogP contribution is -2.14. The van der Waals surface area contributed by atoms with Crippen LogP contribution in [0.3, 0.4) is 0 Å². The van der Waals surface area contributed by atoms with E-state index in [4.69, 9.17) is 0 Å². The van der Waals surface area contributed by atoms with Crippen LogP contribution >= 0.6 is 0 Å². The molecule has 1 aliphatic heterocycles. The van der Waals surface area contributed by atoms with E-state index in [1.807, 2.05) is 24.4 Å². The van der Waals surface area contributed by atoms with E-state index in [0.717, 1.165) is 55.0 Å². The summed E-state index contributed by atoms with van der Waals surface area (Å²) in [5.41, 5.74) is 2.41. The molecule has 1 aliphatic rings. The molecule has 156 valence electrons. The summed E-state index contributed by atoms with van der Waals surface area (Å²) in [5, 5.41) is 2.74. The van der Waals surface area contributed by atoms with Crippen molar-refractivity contribution in [1.29, 1.82) is 0 Å². The zero-order valence-electron chi connectivity index (χ0n) is 15.9. The standard InChI is InChI=1S/C21H19F2N3O3S/c22-21(23)30(28,29)17-9-7-14(8-10-17)20(27)24-16-5-3-4-15(12-16)18-13-26-11-2-1-6-19(26)25-18/h3-5,7-10,12-13,21H,1-2,6,11H2,(H,24,27). The number of anilines is 1. The molecule has 0 radical (unpaired) electrons. The first-order valence-electron chi connectivity index (χ1n) is 9.44. The molecule has 0 unspecified atom stereocenters. The maximum Gasteiger partial charge on any atom is 0.341 e. The van der Waals surface area contributed by atoms with Gasteiger partial charge in [-0.3, -0.25) is 4.79 Å². The molecule has 1 amide bonds. The maximum absolute atomic E-state index is 12.6. The average Bonchev–Trinajstić information content (AvgIpc) is 3.18. The highest BCUT2D eigenvalue weighted by atomic mass is 32.2. The second-order valence-electron chi connectivity index (χ2n) is 7.06. The third kappa shape index (κ3) is 3.97. The van der Waals surface area contributed by atoms with Gasteiger partial charge in [0.1, 0.15) is 5.82 Å². The molecule has 3 aromatic rings. The highest BCUT2D eigenvalue weighted by Gasteiger charge is 2.26. The Morgan fingerprint density at radius 1 is 1.10 bits per heavy atom. The van der Waals surface area contributed by atoms with Crippen LogP contribution in [0.25, 0.3) is 11.3 Å². The normalized spacial score (nSPS) is 13.8. The molecule has 0 atom stereocenters. The van der Waals surface area contributed by atoms with Crippen LogP contribution in [-0.2, 0) is 22.8 Å². The Hall–Kier alpha value is -3.07. The molecule has 6 nitrogen and oxygen atoms in total. The van der Waals surface area contributed by atoms with Crippen molar-refractivity contribution in [3.8, 4) is 11.3 Å². The number of carbonyl (C=O) groups is 1. The molecule has 1 N–H and O–H groups in total. The number of nitrogens with zero attached hydrogens (tertiary/aromatic N) is 2. The Morgan fingerprint density at radius 3 is 2.57 bits per heavy atom. The molecule has 4 rings (SSSR count). The van der Waals surface area contributed by atoms with Crippen LogP contribution in [0, 0.1) is 0 Å². The fourth-order valence-corrected chi connectivity index (χ4v) is 4.13. The van der Waals surface area contributed by atoms with E-state index in [1.54, 1.807) is 6.07 Å². The molecule has 2 aromatic carbocycles. The fourth-order valence-electron chi connectivity index (χ4n) is 3.41. The van der Waals surface area contributed by atoms with Crippen molar-refractivity contribution in [1.82, 2.24) is 9.55 Å². The molecule has 0 saturated carbocycles. The van der Waals surface area contributed by atoms with Crippen LogP contribution in [0.5, 0.6) is 0 Å². The highest BCUT2D eigenvalue weighted by Crippen LogP contribution is 2.25. The number of aromatic nitrogens is 2. The van der Waals surface area contributed by atoms with Crippen molar-refractivity contribution in [3.63, 3.8) is 0 Å². The maximum atomic E-state index is 12.6. The summed E-state index contributed by atoms with van der Waals surface area (Å²) in [4.78, 5) is 16.6. The molecule has 1 aromatic heterocycles. The molecular formula is C21H19F2N3O3S. The van der Waals surface area contributed by atoms with Crippen molar-refractivity contribution >= 4 is 21.4 Å². The number of imidazole rings is 1. The Kier molecular flexibility index (Phi) is 5.38. The second kappa shape index (κ2) is 7.98. The van der Waals surface area contributed by atoms with Gasteiger partial charge in [0.2, 0.25) is 9.84 Å². The number of benzene rings is 2. The summed E-state index contributed by atoms with van der Waals surface area (Å²) in [6.45, 7) is 0.954. The van der Waals surface area contributed by atoms with Crippen molar-refractivity contribution in [3.05, 3.63) is 66.1 Å². The number of rotatable bonds is 5. The third-order valence-electron chi connectivity index (χ3n) is 5.00. The molecule has 0 spiro atoms. The zero-order chi connectivity index (χ0) is 21.3. The van der Waals surface area contributed by atoms with Gasteiger partial charge in [-0.2, -0.15) is 8.78 Å². The molecule has 0 fully saturated rings. The fraction of sp³-hybridized carbons (Fsp3) is 0.238. The van der Waals surface area contributed by atoms with E-state index < -0.39 is 26.4 Å². The van der Waals surface area contributed by atoms with E-state index >= 15 is 0 Å². The average molecular weight is 431 g/mol. The highest BCUT2D eigenvalue weighted by molar-refractivity contribution is 7.91. The van der Waals surface area contributed by atoms with Gasteiger partial charge in [-0.05, 0) is 49.2 Å². The van der Waals surface area contributed by atoms with Gasteiger partial charge >= 0.3 is 5.76 Å². The van der Waals surface area contributed by atoms with Crippen LogP contribution in [-0.4, -0.2) is 29.6 Å². The van der Waals surface area contributed by atoms with Gasteiger partial charge in [0, 0.05) is 36.0 Å². The largest absolute Gasteiger partial charge is 0.341 e. The summed E-state index contributed by atoms with van der Waals surface area (Å²) < 4.78 is 50.4. The minimum atomic E-state index is -4.69. The lowest BCUT2D eigenvalue weighted by molar-refractivity contribution is 0.102. The van der Waals surface area contributed by atoms with Crippen LogP contribution in [0.1, 0.15) is 29.0 Å². The molecular weight excluding hydrogens is 412 g/mol. The van der Waals surface area contributed by atoms with Gasteiger partial charge in [-0.15, -0.1) is 0 Å². The molecule has 0 aliphatic carbocycles. The summed E-state index contributed by atoms with van der Waals surface area (Å²) >= 11 is 0. The predicted octanol–water partition coefficient (Wildman–Crippen LogP) is 4.14. The summed E-state index contributed by atoms with van der Waals surface area (Å²) in [6.07, 6.45) is 5.23. The number of nitrogens with one attached hydrogen (secondary N) is 1. The SMILES string of the molecule is O=C(Nc1cccc(-c2cn3c(n2)CCCC3)c1)c1ccc(S(=O)(=O)C(F)F)cc1. The van der Waals surface area contributed by atoms with E-state index in [2.05, 4.69) is 14.9 Å². The summed E-state index contributed by atoms with van der Waals surface area (Å²) in [7, 11) is -4.69. The first-order chi connectivity index (χ1) is 14.3. The van der Waals surface area contributed by atoms with Gasteiger partial charge in [-0.25, -0.2) is 13.4 Å². The monoisotopic (exact) mass is 431 g/mol. The second-order valence-corrected chi connectivity index (χ2v) is 8.98. The van der Waals surface area contributed by atoms with E-state index in [1.165, 1.54) is 12.1 Å². The van der Waals surface area contributed by atoms with E-state index in [9.17, 15) is 22.0 Å². The number of amides is 1. The van der Waals surface area contributed by atoms with Gasteiger partial charge in [0.25, 0.3) is 5.91 Å². The topological polar surface area (TPSA) is 81.1 Å². The van der Waals surface area contributed by atoms with Gasteiger partial charge in [-0.1, -0.05) is 12.1 Å². The van der Waals surface area contributed by atoms with Gasteiger partial charge < -0.3 is 9.88 Å². The van der Waals surface area contributed by atoms with Crippen LogP contribution in [0.4, 0.5) is 14.5 Å². The minimum absolute atomic E-state index is 0.158. The number of halogens is 2. The lowest BCUT2D eigenvalue weighted by Gasteiger charge is -2.11. The minimum Gasteiger partial charge on any atom is -0.334 e. The number of sulfone groups is 1. The van der Waals surface area contributed by atoms with Crippen molar-refractivity contribution < 1.29 is 22.0 Å². The molecule has 30 heavy (non-hydrogen) atoms. The summed E-state index contributed by atoms with van der Waals surface area (Å²) in [5.74, 6) is -2.92. The first-order valence-corrected chi connectivity index (χ1v) is 11.0.